The quantitative estimate of drug-likeness (QED) is 0.481. The highest BCUT2D eigenvalue weighted by atomic mass is 16.4. The van der Waals surface area contributed by atoms with Crippen molar-refractivity contribution in [3.8, 4) is 0 Å². The van der Waals surface area contributed by atoms with Gasteiger partial charge in [-0.3, -0.25) is 0 Å². The summed E-state index contributed by atoms with van der Waals surface area (Å²) in [6.07, 6.45) is 8.41. The fraction of sp³-hybridized carbons (Fsp3) is 0.636. The lowest BCUT2D eigenvalue weighted by Gasteiger charge is -1.96. The number of carboxylic acid groups (broad SMARTS) is 1. The Morgan fingerprint density at radius 3 is 2.36 bits per heavy atom. The van der Waals surface area contributed by atoms with Gasteiger partial charge in [-0.1, -0.05) is 18.9 Å². The van der Waals surface area contributed by atoms with Gasteiger partial charge in [0.05, 0.1) is 0 Å². The van der Waals surface area contributed by atoms with Crippen molar-refractivity contribution in [3.05, 3.63) is 12.2 Å². The van der Waals surface area contributed by atoms with Gasteiger partial charge in [-0.2, -0.15) is 0 Å². The van der Waals surface area contributed by atoms with Gasteiger partial charge < -0.3 is 9.90 Å². The number of unbranched alkanes of at least 4 members (excludes halogenated alkanes) is 4. The molecular weight excluding hydrogens is 180 g/mol. The number of carboxylic acids is 1. The van der Waals surface area contributed by atoms with Crippen LogP contribution >= 0.6 is 0 Å². The first kappa shape index (κ1) is 12.9. The van der Waals surface area contributed by atoms with Crippen LogP contribution in [0.25, 0.3) is 0 Å². The van der Waals surface area contributed by atoms with E-state index in [1.807, 2.05) is 0 Å². The number of ketones is 1. The molecule has 0 saturated carbocycles. The molecule has 0 fully saturated rings. The van der Waals surface area contributed by atoms with E-state index in [4.69, 9.17) is 5.11 Å². The van der Waals surface area contributed by atoms with Gasteiger partial charge in [-0.15, -0.1) is 0 Å². The van der Waals surface area contributed by atoms with Crippen LogP contribution in [0.4, 0.5) is 0 Å². The Morgan fingerprint density at radius 1 is 1.14 bits per heavy atom. The molecule has 0 heterocycles. The smallest absolute Gasteiger partial charge is 0.327 e. The molecule has 3 nitrogen and oxygen atoms in total. The molecule has 0 aliphatic rings. The van der Waals surface area contributed by atoms with Crippen LogP contribution in [0.2, 0.25) is 0 Å². The van der Waals surface area contributed by atoms with Gasteiger partial charge in [0.15, 0.2) is 0 Å². The highest BCUT2D eigenvalue weighted by molar-refractivity contribution is 5.79. The maximum absolute atomic E-state index is 10.6. The van der Waals surface area contributed by atoms with Crippen molar-refractivity contribution < 1.29 is 14.7 Å². The van der Waals surface area contributed by atoms with Crippen molar-refractivity contribution in [2.45, 2.75) is 45.4 Å². The standard InChI is InChI=1S/C11H18O3/c1-10(12)8-6-4-2-3-5-7-9-11(13)14/h7,9H,2-6,8H2,1H3,(H,13,14)/b9-7+. The van der Waals surface area contributed by atoms with E-state index in [1.54, 1.807) is 13.0 Å². The van der Waals surface area contributed by atoms with E-state index in [0.717, 1.165) is 32.1 Å². The maximum atomic E-state index is 10.6. The van der Waals surface area contributed by atoms with Crippen LogP contribution in [-0.4, -0.2) is 16.9 Å². The highest BCUT2D eigenvalue weighted by Crippen LogP contribution is 2.05. The van der Waals surface area contributed by atoms with E-state index in [9.17, 15) is 9.59 Å². The summed E-state index contributed by atoms with van der Waals surface area (Å²) >= 11 is 0. The van der Waals surface area contributed by atoms with Gasteiger partial charge in [-0.25, -0.2) is 4.79 Å². The molecule has 14 heavy (non-hydrogen) atoms. The second kappa shape index (κ2) is 8.48. The van der Waals surface area contributed by atoms with Crippen LogP contribution in [0.5, 0.6) is 0 Å². The Balaban J connectivity index is 3.14. The predicted molar refractivity (Wildman–Crippen MR) is 55.2 cm³/mol. The van der Waals surface area contributed by atoms with Crippen molar-refractivity contribution in [2.24, 2.45) is 0 Å². The Kier molecular flexibility index (Phi) is 7.80. The molecule has 1 N–H and O–H groups in total. The first-order valence-corrected chi connectivity index (χ1v) is 5.02. The van der Waals surface area contributed by atoms with Crippen molar-refractivity contribution in [1.29, 1.82) is 0 Å². The number of Topliss-reactive ketones (excluding diaryl/α,β-unsaturated/α-hetero) is 1. The molecule has 0 spiro atoms. The molecule has 0 amide bonds. The Bertz CT molecular complexity index is 207. The number of hydrogen-bond acceptors (Lipinski definition) is 2. The average Bonchev–Trinajstić information content (AvgIpc) is 2.08. The molecule has 0 aromatic heterocycles. The molecule has 0 aromatic carbocycles. The van der Waals surface area contributed by atoms with Gasteiger partial charge in [0.2, 0.25) is 0 Å². The molecule has 80 valence electrons. The predicted octanol–water partition coefficient (Wildman–Crippen LogP) is 2.56. The first-order valence-electron chi connectivity index (χ1n) is 5.02. The largest absolute Gasteiger partial charge is 0.478 e. The summed E-state index contributed by atoms with van der Waals surface area (Å²) < 4.78 is 0. The third kappa shape index (κ3) is 10.9. The van der Waals surface area contributed by atoms with Crippen molar-refractivity contribution in [2.75, 3.05) is 0 Å². The molecule has 0 aromatic rings. The van der Waals surface area contributed by atoms with E-state index >= 15 is 0 Å². The average molecular weight is 198 g/mol. The van der Waals surface area contributed by atoms with Gasteiger partial charge in [-0.05, 0) is 26.2 Å². The van der Waals surface area contributed by atoms with Gasteiger partial charge in [0.25, 0.3) is 0 Å². The molecule has 0 saturated heterocycles. The van der Waals surface area contributed by atoms with Crippen LogP contribution in [0.1, 0.15) is 45.4 Å². The summed E-state index contributed by atoms with van der Waals surface area (Å²) in [5.74, 6) is -0.641. The molecule has 0 bridgehead atoms. The summed E-state index contributed by atoms with van der Waals surface area (Å²) in [6.45, 7) is 1.61. The fourth-order valence-corrected chi connectivity index (χ4v) is 1.17. The number of rotatable bonds is 8. The minimum absolute atomic E-state index is 0.246. The molecule has 0 aliphatic heterocycles. The molecule has 0 rings (SSSR count). The lowest BCUT2D eigenvalue weighted by Crippen LogP contribution is -1.89. The van der Waals surface area contributed by atoms with E-state index in [1.165, 1.54) is 6.08 Å². The molecule has 0 aliphatic carbocycles. The zero-order valence-corrected chi connectivity index (χ0v) is 8.66. The molecule has 3 heteroatoms. The number of aliphatic carboxylic acids is 1. The number of carbonyl (C=O) groups is 2. The Hall–Kier alpha value is -1.12. The first-order chi connectivity index (χ1) is 6.63. The van der Waals surface area contributed by atoms with Crippen molar-refractivity contribution >= 4 is 11.8 Å². The summed E-state index contributed by atoms with van der Waals surface area (Å²) in [6, 6.07) is 0. The lowest BCUT2D eigenvalue weighted by molar-refractivity contribution is -0.131. The topological polar surface area (TPSA) is 54.4 Å². The SMILES string of the molecule is CC(=O)CCCCCC/C=C/C(=O)O. The Labute approximate surface area is 84.8 Å². The minimum Gasteiger partial charge on any atom is -0.478 e. The summed E-state index contributed by atoms with van der Waals surface area (Å²) in [5.41, 5.74) is 0. The highest BCUT2D eigenvalue weighted by Gasteiger charge is 1.93. The van der Waals surface area contributed by atoms with Crippen LogP contribution in [0, 0.1) is 0 Å². The number of hydrogen-bond donors (Lipinski definition) is 1. The van der Waals surface area contributed by atoms with Crippen molar-refractivity contribution in [1.82, 2.24) is 0 Å². The Morgan fingerprint density at radius 2 is 1.79 bits per heavy atom. The van der Waals surface area contributed by atoms with E-state index in [2.05, 4.69) is 0 Å². The van der Waals surface area contributed by atoms with E-state index in [0.29, 0.717) is 6.42 Å². The van der Waals surface area contributed by atoms with Gasteiger partial charge in [0, 0.05) is 12.5 Å². The zero-order chi connectivity index (χ0) is 10.8. The van der Waals surface area contributed by atoms with Crippen LogP contribution in [0.15, 0.2) is 12.2 Å². The van der Waals surface area contributed by atoms with E-state index < -0.39 is 5.97 Å². The molecule has 0 radical (unpaired) electrons. The maximum Gasteiger partial charge on any atom is 0.327 e. The van der Waals surface area contributed by atoms with Gasteiger partial charge in [0.1, 0.15) is 5.78 Å². The zero-order valence-electron chi connectivity index (χ0n) is 8.66. The number of allylic oxidation sites excluding steroid dienone is 1. The third-order valence-electron chi connectivity index (χ3n) is 1.91. The summed E-state index contributed by atoms with van der Waals surface area (Å²) in [7, 11) is 0. The van der Waals surface area contributed by atoms with E-state index in [-0.39, 0.29) is 5.78 Å². The summed E-state index contributed by atoms with van der Waals surface area (Å²) in [5, 5.41) is 8.29. The molecule has 0 atom stereocenters. The van der Waals surface area contributed by atoms with Crippen LogP contribution in [-0.2, 0) is 9.59 Å². The third-order valence-corrected chi connectivity index (χ3v) is 1.91. The van der Waals surface area contributed by atoms with Crippen LogP contribution in [0.3, 0.4) is 0 Å². The lowest BCUT2D eigenvalue weighted by atomic mass is 10.1. The van der Waals surface area contributed by atoms with Crippen LogP contribution < -0.4 is 0 Å². The normalized spacial score (nSPS) is 10.6. The molecule has 0 unspecified atom stereocenters. The summed E-state index contributed by atoms with van der Waals surface area (Å²) in [4.78, 5) is 20.7. The fourth-order valence-electron chi connectivity index (χ4n) is 1.17. The second-order valence-electron chi connectivity index (χ2n) is 3.40. The van der Waals surface area contributed by atoms with Crippen molar-refractivity contribution in [3.63, 3.8) is 0 Å². The van der Waals surface area contributed by atoms with Gasteiger partial charge >= 0.3 is 5.97 Å². The molecular formula is C11H18O3. The number of carbonyl (C=O) groups excluding carboxylic acids is 1. The minimum atomic E-state index is -0.887. The second-order valence-corrected chi connectivity index (χ2v) is 3.40. The monoisotopic (exact) mass is 198 g/mol.